The highest BCUT2D eigenvalue weighted by Gasteiger charge is 2.32. The van der Waals surface area contributed by atoms with E-state index in [9.17, 15) is 0 Å². The van der Waals surface area contributed by atoms with Crippen LogP contribution in [0.1, 0.15) is 43.9 Å². The zero-order chi connectivity index (χ0) is 24.9. The Hall–Kier alpha value is -2.76. The van der Waals surface area contributed by atoms with Crippen LogP contribution in [0, 0.1) is 0 Å². The maximum atomic E-state index is 4.55. The minimum atomic E-state index is -0.0192. The van der Waals surface area contributed by atoms with Crippen LogP contribution in [0.5, 0.6) is 0 Å². The van der Waals surface area contributed by atoms with Crippen molar-refractivity contribution in [1.82, 2.24) is 14.5 Å². The van der Waals surface area contributed by atoms with E-state index < -0.39 is 0 Å². The maximum Gasteiger partial charge on any atom is 0.0885 e. The topological polar surface area (TPSA) is 30.7 Å². The summed E-state index contributed by atoms with van der Waals surface area (Å²) in [7, 11) is 0. The van der Waals surface area contributed by atoms with E-state index in [2.05, 4.69) is 127 Å². The van der Waals surface area contributed by atoms with Crippen molar-refractivity contribution in [2.24, 2.45) is 0 Å². The number of hydrogen-bond acceptors (Lipinski definition) is 2. The average molecular weight is 601 g/mol. The fourth-order valence-electron chi connectivity index (χ4n) is 5.63. The molecule has 2 unspecified atom stereocenters. The molecule has 2 aliphatic carbocycles. The third-order valence-electron chi connectivity index (χ3n) is 7.46. The Bertz CT molecular complexity index is 1540. The fraction of sp³-hybridized carbons (Fsp3) is 0.226. The van der Waals surface area contributed by atoms with Crippen molar-refractivity contribution in [3.05, 3.63) is 107 Å². The molecule has 0 radical (unpaired) electrons. The van der Waals surface area contributed by atoms with Gasteiger partial charge in [-0.1, -0.05) is 81.3 Å². The van der Waals surface area contributed by atoms with Gasteiger partial charge in [-0.15, -0.1) is 0 Å². The predicted octanol–water partition coefficient (Wildman–Crippen LogP) is 8.78. The Morgan fingerprint density at radius 3 is 2.61 bits per heavy atom. The zero-order valence-corrected chi connectivity index (χ0v) is 23.6. The summed E-state index contributed by atoms with van der Waals surface area (Å²) in [5, 5.41) is 2.16. The molecule has 0 saturated carbocycles. The molecule has 2 heterocycles. The molecule has 2 aromatic carbocycles. The first-order valence-corrected chi connectivity index (χ1v) is 14.2. The Kier molecular flexibility index (Phi) is 6.09. The van der Waals surface area contributed by atoms with E-state index in [1.165, 1.54) is 44.6 Å². The van der Waals surface area contributed by atoms with Gasteiger partial charge in [0.25, 0.3) is 0 Å². The SMILES string of the molecule is CC1CC(C2=CC=C(CBr)C(C)(Br)C2)=Cc2c1n(-c1ccccc1)c1cc(-c3cnccn3)ccc21. The number of allylic oxidation sites excluding steroid dienone is 5. The van der Waals surface area contributed by atoms with Gasteiger partial charge in [-0.25, -0.2) is 0 Å². The summed E-state index contributed by atoms with van der Waals surface area (Å²) in [6.07, 6.45) is 14.4. The number of halogens is 2. The van der Waals surface area contributed by atoms with E-state index in [4.69, 9.17) is 0 Å². The minimum absolute atomic E-state index is 0.0192. The molecule has 0 N–H and O–H groups in total. The van der Waals surface area contributed by atoms with Gasteiger partial charge in [0, 0.05) is 55.9 Å². The molecule has 2 aromatic heterocycles. The van der Waals surface area contributed by atoms with E-state index in [1.807, 2.05) is 6.20 Å². The van der Waals surface area contributed by atoms with Crippen LogP contribution in [0.4, 0.5) is 0 Å². The smallest absolute Gasteiger partial charge is 0.0885 e. The van der Waals surface area contributed by atoms with Gasteiger partial charge in [0.15, 0.2) is 0 Å². The van der Waals surface area contributed by atoms with Crippen molar-refractivity contribution in [2.75, 3.05) is 5.33 Å². The van der Waals surface area contributed by atoms with Crippen molar-refractivity contribution < 1.29 is 0 Å². The first-order valence-electron chi connectivity index (χ1n) is 12.3. The van der Waals surface area contributed by atoms with Crippen molar-refractivity contribution in [2.45, 2.75) is 36.9 Å². The fourth-order valence-corrected chi connectivity index (χ4v) is 7.38. The molecule has 180 valence electrons. The molecular weight excluding hydrogens is 574 g/mol. The minimum Gasteiger partial charge on any atom is -0.313 e. The van der Waals surface area contributed by atoms with E-state index in [1.54, 1.807) is 12.4 Å². The molecule has 5 heteroatoms. The molecule has 4 aromatic rings. The molecule has 0 bridgehead atoms. The van der Waals surface area contributed by atoms with Crippen LogP contribution in [0.25, 0.3) is 33.9 Å². The second-order valence-corrected chi connectivity index (χ2v) is 12.3. The maximum absolute atomic E-state index is 4.55. The lowest BCUT2D eigenvalue weighted by Gasteiger charge is -2.32. The summed E-state index contributed by atoms with van der Waals surface area (Å²) in [6, 6.07) is 17.4. The average Bonchev–Trinajstić information content (AvgIpc) is 3.23. The normalized spacial score (nSPS) is 21.6. The quantitative estimate of drug-likeness (QED) is 0.219. The second kappa shape index (κ2) is 9.28. The lowest BCUT2D eigenvalue weighted by molar-refractivity contribution is 0.680. The molecular formula is C31H27Br2N3. The monoisotopic (exact) mass is 599 g/mol. The third-order valence-corrected chi connectivity index (χ3v) is 8.86. The van der Waals surface area contributed by atoms with Crippen LogP contribution < -0.4 is 0 Å². The highest BCUT2D eigenvalue weighted by Crippen LogP contribution is 2.47. The molecule has 0 fully saturated rings. The van der Waals surface area contributed by atoms with Gasteiger partial charge in [-0.2, -0.15) is 0 Å². The van der Waals surface area contributed by atoms with Crippen molar-refractivity contribution >= 4 is 48.8 Å². The second-order valence-electron chi connectivity index (χ2n) is 9.96. The van der Waals surface area contributed by atoms with Crippen LogP contribution in [0.2, 0.25) is 0 Å². The largest absolute Gasteiger partial charge is 0.313 e. The van der Waals surface area contributed by atoms with E-state index in [0.717, 1.165) is 29.4 Å². The summed E-state index contributed by atoms with van der Waals surface area (Å²) < 4.78 is 2.43. The number of nitrogens with zero attached hydrogens (tertiary/aromatic N) is 3. The zero-order valence-electron chi connectivity index (χ0n) is 20.4. The molecule has 0 aliphatic heterocycles. The number of benzene rings is 2. The van der Waals surface area contributed by atoms with Crippen LogP contribution in [-0.4, -0.2) is 24.2 Å². The summed E-state index contributed by atoms with van der Waals surface area (Å²) in [5.41, 5.74) is 11.3. The number of alkyl halides is 2. The number of fused-ring (bicyclic) bond motifs is 3. The van der Waals surface area contributed by atoms with E-state index >= 15 is 0 Å². The Labute approximate surface area is 228 Å². The number of hydrogen-bond donors (Lipinski definition) is 0. The lowest BCUT2D eigenvalue weighted by atomic mass is 9.79. The highest BCUT2D eigenvalue weighted by molar-refractivity contribution is 9.10. The summed E-state index contributed by atoms with van der Waals surface area (Å²) >= 11 is 7.65. The molecule has 0 saturated heterocycles. The standard InChI is InChI=1S/C31H27Br2N3/c1-20-14-23(22-8-10-24(18-32)31(2,33)17-22)15-27-26-11-9-21(28-19-34-12-13-35-28)16-29(26)36(30(20)27)25-6-4-3-5-7-25/h3-13,15-16,19-20H,14,17-18H2,1-2H3. The number of rotatable bonds is 4. The molecule has 2 atom stereocenters. The summed E-state index contributed by atoms with van der Waals surface area (Å²) in [6.45, 7) is 4.64. The molecule has 2 aliphatic rings. The lowest BCUT2D eigenvalue weighted by Crippen LogP contribution is -2.24. The molecule has 36 heavy (non-hydrogen) atoms. The van der Waals surface area contributed by atoms with Crippen molar-refractivity contribution in [3.8, 4) is 16.9 Å². The van der Waals surface area contributed by atoms with E-state index in [0.29, 0.717) is 5.92 Å². The summed E-state index contributed by atoms with van der Waals surface area (Å²) in [5.74, 6) is 0.386. The summed E-state index contributed by atoms with van der Waals surface area (Å²) in [4.78, 5) is 8.84. The molecule has 0 amide bonds. The first kappa shape index (κ1) is 23.6. The predicted molar refractivity (Wildman–Crippen MR) is 157 cm³/mol. The van der Waals surface area contributed by atoms with Gasteiger partial charge in [0.05, 0.1) is 17.4 Å². The van der Waals surface area contributed by atoms with E-state index in [-0.39, 0.29) is 4.32 Å². The van der Waals surface area contributed by atoms with Crippen LogP contribution in [-0.2, 0) is 0 Å². The molecule has 3 nitrogen and oxygen atoms in total. The van der Waals surface area contributed by atoms with Crippen LogP contribution in [0.15, 0.2) is 96.0 Å². The molecule has 0 spiro atoms. The van der Waals surface area contributed by atoms with Gasteiger partial charge in [-0.3, -0.25) is 9.97 Å². The highest BCUT2D eigenvalue weighted by atomic mass is 79.9. The van der Waals surface area contributed by atoms with Gasteiger partial charge in [0.1, 0.15) is 0 Å². The van der Waals surface area contributed by atoms with Gasteiger partial charge in [-0.05, 0) is 60.8 Å². The number of aromatic nitrogens is 3. The van der Waals surface area contributed by atoms with Gasteiger partial charge >= 0.3 is 0 Å². The van der Waals surface area contributed by atoms with Gasteiger partial charge < -0.3 is 4.57 Å². The molecule has 6 rings (SSSR count). The first-order chi connectivity index (χ1) is 17.5. The van der Waals surface area contributed by atoms with Crippen LogP contribution in [0.3, 0.4) is 0 Å². The Balaban J connectivity index is 1.57. The van der Waals surface area contributed by atoms with Crippen LogP contribution >= 0.6 is 31.9 Å². The van der Waals surface area contributed by atoms with Crippen molar-refractivity contribution in [1.29, 1.82) is 0 Å². The Morgan fingerprint density at radius 1 is 1.06 bits per heavy atom. The van der Waals surface area contributed by atoms with Gasteiger partial charge in [0.2, 0.25) is 0 Å². The van der Waals surface area contributed by atoms with Crippen molar-refractivity contribution in [3.63, 3.8) is 0 Å². The third kappa shape index (κ3) is 4.03. The Morgan fingerprint density at radius 2 is 1.89 bits per heavy atom. The number of para-hydroxylation sites is 1.